The molecule has 0 saturated heterocycles. The van der Waals surface area contributed by atoms with Crippen LogP contribution in [0.3, 0.4) is 0 Å². The molecule has 0 radical (unpaired) electrons. The van der Waals surface area contributed by atoms with Crippen LogP contribution in [0.25, 0.3) is 22.7 Å². The van der Waals surface area contributed by atoms with Gasteiger partial charge in [0.1, 0.15) is 5.76 Å². The minimum Gasteiger partial charge on any atom is -0.464 e. The SMILES string of the molecule is O=[PH](O)OCCCNCc1ccc(-c2noc(CCCCc3ccccc3)n2)c(-c2ccco2)c1. The first-order valence-electron chi connectivity index (χ1n) is 11.8. The molecule has 0 fully saturated rings. The molecular formula is C26H30N3O5P. The highest BCUT2D eigenvalue weighted by atomic mass is 31.1. The topological polar surface area (TPSA) is 111 Å². The Bertz CT molecular complexity index is 1190. The number of nitrogens with zero attached hydrogens (tertiary/aromatic N) is 2. The minimum atomic E-state index is -2.86. The lowest BCUT2D eigenvalue weighted by Crippen LogP contribution is -2.16. The lowest BCUT2D eigenvalue weighted by atomic mass is 10.0. The number of aryl methyl sites for hydroxylation is 2. The Morgan fingerprint density at radius 2 is 1.80 bits per heavy atom. The predicted octanol–water partition coefficient (Wildman–Crippen LogP) is 5.44. The standard InChI is InChI=1S/C26H30N3O5P/c30-35(31)33-17-7-15-27-19-21-13-14-22(23(18-21)24-11-6-16-32-24)26-28-25(34-29-26)12-5-4-10-20-8-2-1-3-9-20/h1-3,6,8-9,11,13-14,16,18,27,35H,4-5,7,10,12,15,17,19H2,(H,30,31). The second-order valence-corrected chi connectivity index (χ2v) is 9.03. The molecule has 0 aliphatic rings. The van der Waals surface area contributed by atoms with Crippen molar-refractivity contribution in [3.8, 4) is 22.7 Å². The first-order chi connectivity index (χ1) is 17.2. The predicted molar refractivity (Wildman–Crippen MR) is 134 cm³/mol. The van der Waals surface area contributed by atoms with Crippen LogP contribution in [0.2, 0.25) is 0 Å². The van der Waals surface area contributed by atoms with Crippen LogP contribution in [-0.4, -0.2) is 28.2 Å². The van der Waals surface area contributed by atoms with Crippen LogP contribution >= 0.6 is 8.25 Å². The Morgan fingerprint density at radius 3 is 2.60 bits per heavy atom. The third-order valence-corrected chi connectivity index (χ3v) is 6.03. The Labute approximate surface area is 205 Å². The van der Waals surface area contributed by atoms with Gasteiger partial charge in [-0.3, -0.25) is 4.57 Å². The van der Waals surface area contributed by atoms with E-state index in [0.717, 1.165) is 48.1 Å². The zero-order chi connectivity index (χ0) is 24.3. The molecule has 9 heteroatoms. The number of aromatic nitrogens is 2. The first-order valence-corrected chi connectivity index (χ1v) is 13.1. The van der Waals surface area contributed by atoms with Crippen molar-refractivity contribution < 1.29 is 22.9 Å². The molecule has 4 rings (SSSR count). The highest BCUT2D eigenvalue weighted by molar-refractivity contribution is 7.32. The molecule has 2 heterocycles. The molecule has 35 heavy (non-hydrogen) atoms. The molecule has 0 bridgehead atoms. The van der Waals surface area contributed by atoms with Crippen molar-refractivity contribution in [2.75, 3.05) is 13.2 Å². The third kappa shape index (κ3) is 7.73. The van der Waals surface area contributed by atoms with E-state index in [1.54, 1.807) is 6.26 Å². The van der Waals surface area contributed by atoms with E-state index < -0.39 is 8.25 Å². The number of benzene rings is 2. The Morgan fingerprint density at radius 1 is 0.943 bits per heavy atom. The monoisotopic (exact) mass is 495 g/mol. The number of rotatable bonds is 14. The summed E-state index contributed by atoms with van der Waals surface area (Å²) in [5.74, 6) is 1.92. The van der Waals surface area contributed by atoms with Gasteiger partial charge in [0.2, 0.25) is 11.7 Å². The van der Waals surface area contributed by atoms with E-state index in [1.807, 2.05) is 30.3 Å². The summed E-state index contributed by atoms with van der Waals surface area (Å²) in [5, 5.41) is 7.55. The largest absolute Gasteiger partial charge is 0.464 e. The van der Waals surface area contributed by atoms with Crippen LogP contribution in [0.1, 0.15) is 36.3 Å². The lowest BCUT2D eigenvalue weighted by molar-refractivity contribution is 0.276. The quantitative estimate of drug-likeness (QED) is 0.176. The van der Waals surface area contributed by atoms with Gasteiger partial charge in [0, 0.05) is 24.1 Å². The average molecular weight is 496 g/mol. The summed E-state index contributed by atoms with van der Waals surface area (Å²) < 4.78 is 26.5. The summed E-state index contributed by atoms with van der Waals surface area (Å²) in [6.07, 6.45) is 6.11. The minimum absolute atomic E-state index is 0.254. The second-order valence-electron chi connectivity index (χ2n) is 8.21. The number of hydrogen-bond donors (Lipinski definition) is 2. The number of furan rings is 1. The summed E-state index contributed by atoms with van der Waals surface area (Å²) in [6.45, 7) is 1.57. The summed E-state index contributed by atoms with van der Waals surface area (Å²) in [6, 6.07) is 20.3. The fraction of sp³-hybridized carbons (Fsp3) is 0.308. The summed E-state index contributed by atoms with van der Waals surface area (Å²) in [5.41, 5.74) is 4.16. The zero-order valence-electron chi connectivity index (χ0n) is 19.5. The molecule has 2 N–H and O–H groups in total. The molecule has 0 aliphatic carbocycles. The Kier molecular flexibility index (Phi) is 9.43. The van der Waals surface area contributed by atoms with E-state index in [1.165, 1.54) is 5.56 Å². The average Bonchev–Trinajstić information content (AvgIpc) is 3.57. The van der Waals surface area contributed by atoms with E-state index in [0.29, 0.717) is 31.2 Å². The van der Waals surface area contributed by atoms with Gasteiger partial charge in [0.15, 0.2) is 0 Å². The van der Waals surface area contributed by atoms with Crippen molar-refractivity contribution >= 4 is 8.25 Å². The maximum Gasteiger partial charge on any atom is 0.316 e. The molecule has 0 aliphatic heterocycles. The molecule has 4 aromatic rings. The van der Waals surface area contributed by atoms with Gasteiger partial charge in [-0.05, 0) is 67.6 Å². The molecular weight excluding hydrogens is 465 g/mol. The van der Waals surface area contributed by atoms with Gasteiger partial charge in [-0.1, -0.05) is 41.6 Å². The van der Waals surface area contributed by atoms with Crippen molar-refractivity contribution in [3.63, 3.8) is 0 Å². The Hall–Kier alpha value is -3.03. The van der Waals surface area contributed by atoms with Gasteiger partial charge in [-0.15, -0.1) is 0 Å². The van der Waals surface area contributed by atoms with Gasteiger partial charge >= 0.3 is 8.25 Å². The highest BCUT2D eigenvalue weighted by Crippen LogP contribution is 2.32. The van der Waals surface area contributed by atoms with Crippen molar-refractivity contribution in [1.82, 2.24) is 15.5 Å². The van der Waals surface area contributed by atoms with Crippen LogP contribution < -0.4 is 5.32 Å². The lowest BCUT2D eigenvalue weighted by Gasteiger charge is -2.09. The molecule has 1 unspecified atom stereocenters. The van der Waals surface area contributed by atoms with Gasteiger partial charge in [0.25, 0.3) is 0 Å². The van der Waals surface area contributed by atoms with E-state index in [4.69, 9.17) is 18.4 Å². The normalized spacial score (nSPS) is 12.1. The van der Waals surface area contributed by atoms with Gasteiger partial charge in [-0.2, -0.15) is 4.98 Å². The maximum atomic E-state index is 10.6. The van der Waals surface area contributed by atoms with Crippen LogP contribution in [0.4, 0.5) is 0 Å². The van der Waals surface area contributed by atoms with Crippen LogP contribution in [0.5, 0.6) is 0 Å². The van der Waals surface area contributed by atoms with Gasteiger partial charge in [0.05, 0.1) is 12.9 Å². The van der Waals surface area contributed by atoms with E-state index in [9.17, 15) is 4.57 Å². The fourth-order valence-electron chi connectivity index (χ4n) is 3.84. The summed E-state index contributed by atoms with van der Waals surface area (Å²) >= 11 is 0. The van der Waals surface area contributed by atoms with Crippen LogP contribution in [0.15, 0.2) is 75.9 Å². The van der Waals surface area contributed by atoms with Crippen molar-refractivity contribution in [2.45, 2.75) is 38.6 Å². The molecule has 2 aromatic heterocycles. The number of unbranched alkanes of at least 4 members (excludes halogenated alkanes) is 1. The van der Waals surface area contributed by atoms with E-state index in [2.05, 4.69) is 45.8 Å². The highest BCUT2D eigenvalue weighted by Gasteiger charge is 2.16. The smallest absolute Gasteiger partial charge is 0.316 e. The summed E-state index contributed by atoms with van der Waals surface area (Å²) in [7, 11) is -2.86. The zero-order valence-corrected chi connectivity index (χ0v) is 20.5. The van der Waals surface area contributed by atoms with Gasteiger partial charge in [-0.25, -0.2) is 0 Å². The van der Waals surface area contributed by atoms with E-state index >= 15 is 0 Å². The van der Waals surface area contributed by atoms with Crippen molar-refractivity contribution in [2.24, 2.45) is 0 Å². The van der Waals surface area contributed by atoms with Crippen LogP contribution in [0, 0.1) is 0 Å². The van der Waals surface area contributed by atoms with E-state index in [-0.39, 0.29) is 6.61 Å². The molecule has 2 aromatic carbocycles. The Balaban J connectivity index is 1.37. The third-order valence-electron chi connectivity index (χ3n) is 5.58. The molecule has 0 saturated carbocycles. The van der Waals surface area contributed by atoms with Crippen molar-refractivity contribution in [1.29, 1.82) is 0 Å². The molecule has 184 valence electrons. The first kappa shape index (κ1) is 25.1. The second kappa shape index (κ2) is 13.2. The molecule has 0 amide bonds. The molecule has 8 nitrogen and oxygen atoms in total. The number of nitrogens with one attached hydrogen (secondary N) is 1. The number of hydrogen-bond acceptors (Lipinski definition) is 7. The van der Waals surface area contributed by atoms with Gasteiger partial charge < -0.3 is 23.7 Å². The maximum absolute atomic E-state index is 10.6. The summed E-state index contributed by atoms with van der Waals surface area (Å²) in [4.78, 5) is 13.3. The molecule has 0 spiro atoms. The molecule has 1 atom stereocenters. The van der Waals surface area contributed by atoms with Crippen molar-refractivity contribution in [3.05, 3.63) is 83.9 Å². The van der Waals surface area contributed by atoms with Crippen LogP contribution in [-0.2, 0) is 28.5 Å². The fourth-order valence-corrected chi connectivity index (χ4v) is 4.16.